The average molecular weight is 382 g/mol. The van der Waals surface area contributed by atoms with Gasteiger partial charge in [-0.3, -0.25) is 9.69 Å². The van der Waals surface area contributed by atoms with Crippen molar-refractivity contribution in [1.82, 2.24) is 14.1 Å². The van der Waals surface area contributed by atoms with Gasteiger partial charge in [0.2, 0.25) is 15.9 Å². The molecule has 0 aromatic rings. The summed E-state index contributed by atoms with van der Waals surface area (Å²) in [6.07, 6.45) is 10.6. The smallest absolute Gasteiger partial charge is 0.240 e. The molecule has 2 aliphatic carbocycles. The van der Waals surface area contributed by atoms with Crippen LogP contribution >= 0.6 is 0 Å². The van der Waals surface area contributed by atoms with E-state index in [1.54, 1.807) is 4.31 Å². The van der Waals surface area contributed by atoms with E-state index < -0.39 is 10.0 Å². The minimum Gasteiger partial charge on any atom is -0.315 e. The largest absolute Gasteiger partial charge is 0.315 e. The highest BCUT2D eigenvalue weighted by molar-refractivity contribution is 7.90. The minimum atomic E-state index is -3.10. The van der Waals surface area contributed by atoms with Gasteiger partial charge in [0, 0.05) is 31.9 Å². The second-order valence-electron chi connectivity index (χ2n) is 8.22. The molecule has 0 radical (unpaired) electrons. The van der Waals surface area contributed by atoms with Crippen LogP contribution in [0.1, 0.15) is 51.4 Å². The number of allylic oxidation sites excluding steroid dienone is 2. The lowest BCUT2D eigenvalue weighted by molar-refractivity contribution is -0.131. The SMILES string of the molecule is O=C(CN1CCCN(S(=O)(=O)C2CC2)CC1)N1CCCC2CCCC=C21. The monoisotopic (exact) mass is 381 g/mol. The first-order valence-corrected chi connectivity index (χ1v) is 11.8. The lowest BCUT2D eigenvalue weighted by Gasteiger charge is -2.38. The van der Waals surface area contributed by atoms with Gasteiger partial charge < -0.3 is 4.90 Å². The van der Waals surface area contributed by atoms with Gasteiger partial charge in [0.05, 0.1) is 11.8 Å². The van der Waals surface area contributed by atoms with Crippen LogP contribution in [0, 0.1) is 5.92 Å². The van der Waals surface area contributed by atoms with Gasteiger partial charge in [-0.2, -0.15) is 0 Å². The molecular formula is C19H31N3O3S. The van der Waals surface area contributed by atoms with Gasteiger partial charge in [-0.25, -0.2) is 12.7 Å². The molecule has 2 heterocycles. The fourth-order valence-electron chi connectivity index (χ4n) is 4.66. The highest BCUT2D eigenvalue weighted by Crippen LogP contribution is 2.35. The Morgan fingerprint density at radius 1 is 0.962 bits per heavy atom. The predicted octanol–water partition coefficient (Wildman–Crippen LogP) is 1.79. The quantitative estimate of drug-likeness (QED) is 0.745. The number of fused-ring (bicyclic) bond motifs is 1. The number of nitrogens with zero attached hydrogens (tertiary/aromatic N) is 3. The Kier molecular flexibility index (Phi) is 5.39. The Labute approximate surface area is 157 Å². The molecule has 4 aliphatic rings. The Balaban J connectivity index is 1.35. The van der Waals surface area contributed by atoms with Crippen molar-refractivity contribution in [1.29, 1.82) is 0 Å². The number of rotatable bonds is 4. The molecular weight excluding hydrogens is 350 g/mol. The number of hydrogen-bond donors (Lipinski definition) is 0. The van der Waals surface area contributed by atoms with Gasteiger partial charge >= 0.3 is 0 Å². The molecule has 1 saturated carbocycles. The van der Waals surface area contributed by atoms with E-state index >= 15 is 0 Å². The van der Waals surface area contributed by atoms with E-state index in [2.05, 4.69) is 11.0 Å². The second-order valence-corrected chi connectivity index (χ2v) is 10.4. The van der Waals surface area contributed by atoms with E-state index in [1.807, 2.05) is 4.90 Å². The van der Waals surface area contributed by atoms with Gasteiger partial charge in [-0.05, 0) is 63.8 Å². The van der Waals surface area contributed by atoms with E-state index in [1.165, 1.54) is 25.0 Å². The highest BCUT2D eigenvalue weighted by atomic mass is 32.2. The number of carbonyl (C=O) groups excluding carboxylic acids is 1. The van der Waals surface area contributed by atoms with Crippen LogP contribution in [0.25, 0.3) is 0 Å². The van der Waals surface area contributed by atoms with E-state index in [9.17, 15) is 13.2 Å². The molecule has 1 atom stereocenters. The average Bonchev–Trinajstić information content (AvgIpc) is 3.49. The summed E-state index contributed by atoms with van der Waals surface area (Å²) in [7, 11) is -3.10. The zero-order chi connectivity index (χ0) is 18.1. The fourth-order valence-corrected chi connectivity index (χ4v) is 6.53. The summed E-state index contributed by atoms with van der Waals surface area (Å²) in [6, 6.07) is 0. The summed E-state index contributed by atoms with van der Waals surface area (Å²) in [6.45, 7) is 3.85. The molecule has 6 nitrogen and oxygen atoms in total. The van der Waals surface area contributed by atoms with Crippen molar-refractivity contribution in [3.8, 4) is 0 Å². The fraction of sp³-hybridized carbons (Fsp3) is 0.842. The third kappa shape index (κ3) is 3.85. The molecule has 1 amide bonds. The van der Waals surface area contributed by atoms with Crippen molar-refractivity contribution < 1.29 is 13.2 Å². The van der Waals surface area contributed by atoms with Crippen LogP contribution in [-0.2, 0) is 14.8 Å². The van der Waals surface area contributed by atoms with Crippen molar-refractivity contribution in [2.24, 2.45) is 5.92 Å². The van der Waals surface area contributed by atoms with Gasteiger partial charge in [-0.1, -0.05) is 6.08 Å². The maximum absolute atomic E-state index is 12.9. The summed E-state index contributed by atoms with van der Waals surface area (Å²) < 4.78 is 26.6. The molecule has 0 N–H and O–H groups in total. The van der Waals surface area contributed by atoms with Crippen molar-refractivity contribution in [2.75, 3.05) is 39.3 Å². The van der Waals surface area contributed by atoms with Crippen LogP contribution in [0.4, 0.5) is 0 Å². The van der Waals surface area contributed by atoms with E-state index in [4.69, 9.17) is 0 Å². The second kappa shape index (κ2) is 7.60. The number of amides is 1. The molecule has 1 unspecified atom stereocenters. The predicted molar refractivity (Wildman–Crippen MR) is 101 cm³/mol. The van der Waals surface area contributed by atoms with E-state index in [-0.39, 0.29) is 11.2 Å². The molecule has 0 aromatic heterocycles. The minimum absolute atomic E-state index is 0.140. The Morgan fingerprint density at radius 2 is 1.77 bits per heavy atom. The number of carbonyl (C=O) groups is 1. The van der Waals surface area contributed by atoms with E-state index in [0.717, 1.165) is 45.2 Å². The summed E-state index contributed by atoms with van der Waals surface area (Å²) in [5.41, 5.74) is 1.26. The maximum Gasteiger partial charge on any atom is 0.240 e. The molecule has 0 aromatic carbocycles. The number of sulfonamides is 1. The van der Waals surface area contributed by atoms with Crippen molar-refractivity contribution in [3.05, 3.63) is 11.8 Å². The van der Waals surface area contributed by atoms with Crippen molar-refractivity contribution in [3.63, 3.8) is 0 Å². The van der Waals surface area contributed by atoms with Gasteiger partial charge in [0.15, 0.2) is 0 Å². The summed E-state index contributed by atoms with van der Waals surface area (Å²) in [4.78, 5) is 17.1. The van der Waals surface area contributed by atoms with Crippen LogP contribution in [0.15, 0.2) is 11.8 Å². The lowest BCUT2D eigenvalue weighted by Crippen LogP contribution is -2.45. The van der Waals surface area contributed by atoms with Crippen LogP contribution in [0.5, 0.6) is 0 Å². The van der Waals surface area contributed by atoms with E-state index in [0.29, 0.717) is 32.1 Å². The Morgan fingerprint density at radius 3 is 2.58 bits per heavy atom. The topological polar surface area (TPSA) is 60.9 Å². The van der Waals surface area contributed by atoms with Gasteiger partial charge in [-0.15, -0.1) is 0 Å². The normalized spacial score (nSPS) is 29.0. The maximum atomic E-state index is 12.9. The molecule has 2 saturated heterocycles. The summed E-state index contributed by atoms with van der Waals surface area (Å²) in [5, 5.41) is -0.140. The third-order valence-electron chi connectivity index (χ3n) is 6.29. The molecule has 0 spiro atoms. The molecule has 26 heavy (non-hydrogen) atoms. The zero-order valence-corrected chi connectivity index (χ0v) is 16.4. The number of likely N-dealkylation sites (tertiary alicyclic amines) is 1. The summed E-state index contributed by atoms with van der Waals surface area (Å²) >= 11 is 0. The molecule has 7 heteroatoms. The van der Waals surface area contributed by atoms with Crippen molar-refractivity contribution >= 4 is 15.9 Å². The van der Waals surface area contributed by atoms with Crippen LogP contribution in [0.3, 0.4) is 0 Å². The zero-order valence-electron chi connectivity index (χ0n) is 15.6. The van der Waals surface area contributed by atoms with Crippen molar-refractivity contribution in [2.45, 2.75) is 56.6 Å². The first-order chi connectivity index (χ1) is 12.6. The molecule has 146 valence electrons. The van der Waals surface area contributed by atoms with Crippen LogP contribution in [0.2, 0.25) is 0 Å². The van der Waals surface area contributed by atoms with Gasteiger partial charge in [0.1, 0.15) is 0 Å². The molecule has 3 fully saturated rings. The van der Waals surface area contributed by atoms with Crippen LogP contribution < -0.4 is 0 Å². The third-order valence-corrected chi connectivity index (χ3v) is 8.69. The van der Waals surface area contributed by atoms with Gasteiger partial charge in [0.25, 0.3) is 0 Å². The summed E-state index contributed by atoms with van der Waals surface area (Å²) in [5.74, 6) is 0.770. The first-order valence-electron chi connectivity index (χ1n) is 10.3. The Hall–Kier alpha value is -0.920. The lowest BCUT2D eigenvalue weighted by atomic mass is 9.85. The highest BCUT2D eigenvalue weighted by Gasteiger charge is 2.40. The number of piperidine rings is 1. The standard InChI is InChI=1S/C19H31N3O3S/c23-19(22-12-3-6-16-5-1-2-7-18(16)22)15-20-10-4-11-21(14-13-20)26(24,25)17-8-9-17/h7,16-17H,1-6,8-15H2. The number of hydrogen-bond acceptors (Lipinski definition) is 4. The molecule has 4 rings (SSSR count). The molecule has 2 aliphatic heterocycles. The molecule has 0 bridgehead atoms. The Bertz CT molecular complexity index is 672. The first kappa shape index (κ1) is 18.4. The van der Waals surface area contributed by atoms with Crippen LogP contribution in [-0.4, -0.2) is 72.9 Å².